The molecule has 23 heavy (non-hydrogen) atoms. The maximum Gasteiger partial charge on any atom is 0.513 e. The van der Waals surface area contributed by atoms with Gasteiger partial charge in [0.2, 0.25) is 0 Å². The molecular formula is C20H22O3. The standard InChI is InChI=1S/C20H22O3/c1-22-19(21)23-18-12-10-17(11-13-18)20(14-6-3-7-15-20)16-8-4-2-5-9-16/h2,4-5,8-13H,3,6-7,14-15H2,1H3. The van der Waals surface area contributed by atoms with E-state index in [1.807, 2.05) is 12.1 Å². The number of carbonyl (C=O) groups is 1. The molecule has 0 radical (unpaired) electrons. The van der Waals surface area contributed by atoms with Crippen LogP contribution in [-0.2, 0) is 10.2 Å². The number of benzene rings is 2. The first-order valence-corrected chi connectivity index (χ1v) is 8.16. The van der Waals surface area contributed by atoms with E-state index in [0.717, 1.165) is 12.8 Å². The Morgan fingerprint density at radius 1 is 0.870 bits per heavy atom. The van der Waals surface area contributed by atoms with Gasteiger partial charge in [0, 0.05) is 5.41 Å². The van der Waals surface area contributed by atoms with Crippen molar-refractivity contribution in [3.63, 3.8) is 0 Å². The van der Waals surface area contributed by atoms with Gasteiger partial charge in [-0.2, -0.15) is 0 Å². The van der Waals surface area contributed by atoms with Crippen molar-refractivity contribution in [2.24, 2.45) is 0 Å². The monoisotopic (exact) mass is 310 g/mol. The third-order valence-corrected chi connectivity index (χ3v) is 4.81. The fraction of sp³-hybridized carbons (Fsp3) is 0.350. The molecule has 0 spiro atoms. The largest absolute Gasteiger partial charge is 0.513 e. The molecule has 0 unspecified atom stereocenters. The average molecular weight is 310 g/mol. The number of ether oxygens (including phenoxy) is 2. The molecule has 1 fully saturated rings. The molecule has 120 valence electrons. The molecule has 0 N–H and O–H groups in total. The van der Waals surface area contributed by atoms with Gasteiger partial charge in [0.25, 0.3) is 0 Å². The van der Waals surface area contributed by atoms with Crippen molar-refractivity contribution >= 4 is 6.16 Å². The maximum atomic E-state index is 11.2. The molecule has 3 heteroatoms. The third kappa shape index (κ3) is 3.24. The quantitative estimate of drug-likeness (QED) is 0.585. The second-order valence-corrected chi connectivity index (χ2v) is 6.09. The number of methoxy groups -OCH3 is 1. The van der Waals surface area contributed by atoms with Gasteiger partial charge >= 0.3 is 6.16 Å². The van der Waals surface area contributed by atoms with Crippen LogP contribution in [0.5, 0.6) is 5.75 Å². The highest BCUT2D eigenvalue weighted by molar-refractivity contribution is 5.63. The molecule has 3 nitrogen and oxygen atoms in total. The van der Waals surface area contributed by atoms with Gasteiger partial charge in [-0.15, -0.1) is 0 Å². The van der Waals surface area contributed by atoms with E-state index in [1.54, 1.807) is 0 Å². The topological polar surface area (TPSA) is 35.5 Å². The second-order valence-electron chi connectivity index (χ2n) is 6.09. The van der Waals surface area contributed by atoms with Crippen LogP contribution < -0.4 is 4.74 Å². The number of hydrogen-bond acceptors (Lipinski definition) is 3. The Balaban J connectivity index is 1.93. The predicted molar refractivity (Wildman–Crippen MR) is 89.8 cm³/mol. The van der Waals surface area contributed by atoms with E-state index in [2.05, 4.69) is 47.2 Å². The van der Waals surface area contributed by atoms with Gasteiger partial charge < -0.3 is 9.47 Å². The molecule has 0 aliphatic heterocycles. The smallest absolute Gasteiger partial charge is 0.437 e. The molecule has 2 aromatic rings. The van der Waals surface area contributed by atoms with E-state index in [1.165, 1.54) is 37.5 Å². The van der Waals surface area contributed by atoms with Gasteiger partial charge in [-0.3, -0.25) is 0 Å². The van der Waals surface area contributed by atoms with Gasteiger partial charge in [0.15, 0.2) is 0 Å². The summed E-state index contributed by atoms with van der Waals surface area (Å²) in [4.78, 5) is 11.2. The molecule has 0 aromatic heterocycles. The Kier molecular flexibility index (Phi) is 4.65. The molecule has 3 rings (SSSR count). The fourth-order valence-electron chi connectivity index (χ4n) is 3.64. The highest BCUT2D eigenvalue weighted by atomic mass is 16.7. The molecule has 1 aliphatic carbocycles. The van der Waals surface area contributed by atoms with Crippen LogP contribution in [0, 0.1) is 0 Å². The Hall–Kier alpha value is -2.29. The first-order valence-electron chi connectivity index (χ1n) is 8.16. The lowest BCUT2D eigenvalue weighted by Crippen LogP contribution is -2.30. The maximum absolute atomic E-state index is 11.2. The van der Waals surface area contributed by atoms with Gasteiger partial charge in [-0.25, -0.2) is 4.79 Å². The highest BCUT2D eigenvalue weighted by Crippen LogP contribution is 2.45. The van der Waals surface area contributed by atoms with Crippen molar-refractivity contribution in [2.45, 2.75) is 37.5 Å². The first-order chi connectivity index (χ1) is 11.2. The van der Waals surface area contributed by atoms with E-state index in [0.29, 0.717) is 5.75 Å². The predicted octanol–water partition coefficient (Wildman–Crippen LogP) is 5.08. The number of hydrogen-bond donors (Lipinski definition) is 0. The highest BCUT2D eigenvalue weighted by Gasteiger charge is 2.35. The zero-order valence-electron chi connectivity index (χ0n) is 13.5. The summed E-state index contributed by atoms with van der Waals surface area (Å²) in [7, 11) is 1.31. The molecule has 0 saturated heterocycles. The Labute approximate surface area is 137 Å². The summed E-state index contributed by atoms with van der Waals surface area (Å²) in [5.41, 5.74) is 2.74. The van der Waals surface area contributed by atoms with Gasteiger partial charge in [0.1, 0.15) is 5.75 Å². The van der Waals surface area contributed by atoms with Crippen LogP contribution in [0.25, 0.3) is 0 Å². The summed E-state index contributed by atoms with van der Waals surface area (Å²) >= 11 is 0. The van der Waals surface area contributed by atoms with E-state index in [-0.39, 0.29) is 5.41 Å². The number of rotatable bonds is 3. The summed E-state index contributed by atoms with van der Waals surface area (Å²) in [6, 6.07) is 18.6. The van der Waals surface area contributed by atoms with Gasteiger partial charge in [-0.1, -0.05) is 61.7 Å². The van der Waals surface area contributed by atoms with Crippen molar-refractivity contribution in [1.82, 2.24) is 0 Å². The molecular weight excluding hydrogens is 288 g/mol. The molecule has 0 bridgehead atoms. The van der Waals surface area contributed by atoms with Crippen molar-refractivity contribution < 1.29 is 14.3 Å². The first kappa shape index (κ1) is 15.6. The van der Waals surface area contributed by atoms with Crippen LogP contribution in [0.2, 0.25) is 0 Å². The zero-order chi connectivity index (χ0) is 16.1. The van der Waals surface area contributed by atoms with Gasteiger partial charge in [-0.05, 0) is 36.1 Å². The lowest BCUT2D eigenvalue weighted by atomic mass is 9.65. The van der Waals surface area contributed by atoms with E-state index in [4.69, 9.17) is 4.74 Å². The van der Waals surface area contributed by atoms with Crippen LogP contribution in [0.15, 0.2) is 54.6 Å². The van der Waals surface area contributed by atoms with Crippen LogP contribution in [0.3, 0.4) is 0 Å². The average Bonchev–Trinajstić information content (AvgIpc) is 2.63. The Bertz CT molecular complexity index is 640. The normalized spacial score (nSPS) is 16.6. The van der Waals surface area contributed by atoms with Crippen LogP contribution >= 0.6 is 0 Å². The Morgan fingerprint density at radius 3 is 2.09 bits per heavy atom. The third-order valence-electron chi connectivity index (χ3n) is 4.81. The zero-order valence-corrected chi connectivity index (χ0v) is 13.5. The van der Waals surface area contributed by atoms with E-state index < -0.39 is 6.16 Å². The summed E-state index contributed by atoms with van der Waals surface area (Å²) in [5, 5.41) is 0. The summed E-state index contributed by atoms with van der Waals surface area (Å²) in [6.45, 7) is 0. The van der Waals surface area contributed by atoms with Crippen molar-refractivity contribution in [2.75, 3.05) is 7.11 Å². The number of carbonyl (C=O) groups excluding carboxylic acids is 1. The van der Waals surface area contributed by atoms with Crippen molar-refractivity contribution in [3.05, 3.63) is 65.7 Å². The van der Waals surface area contributed by atoms with Crippen molar-refractivity contribution in [3.8, 4) is 5.75 Å². The summed E-state index contributed by atoms with van der Waals surface area (Å²) in [6.07, 6.45) is 5.43. The second kappa shape index (κ2) is 6.86. The molecule has 1 saturated carbocycles. The molecule has 0 amide bonds. The van der Waals surface area contributed by atoms with Gasteiger partial charge in [0.05, 0.1) is 7.11 Å². The minimum absolute atomic E-state index is 0.0727. The SMILES string of the molecule is COC(=O)Oc1ccc(C2(c3ccccc3)CCCCC2)cc1. The minimum atomic E-state index is -0.687. The fourth-order valence-corrected chi connectivity index (χ4v) is 3.64. The summed E-state index contributed by atoms with van der Waals surface area (Å²) < 4.78 is 9.61. The summed E-state index contributed by atoms with van der Waals surface area (Å²) in [5.74, 6) is 0.514. The Morgan fingerprint density at radius 2 is 1.48 bits per heavy atom. The molecule has 2 aromatic carbocycles. The van der Waals surface area contributed by atoms with Crippen LogP contribution in [0.1, 0.15) is 43.2 Å². The van der Waals surface area contributed by atoms with Crippen LogP contribution in [-0.4, -0.2) is 13.3 Å². The van der Waals surface area contributed by atoms with E-state index >= 15 is 0 Å². The van der Waals surface area contributed by atoms with Crippen molar-refractivity contribution in [1.29, 1.82) is 0 Å². The lowest BCUT2D eigenvalue weighted by molar-refractivity contribution is 0.121. The van der Waals surface area contributed by atoms with E-state index in [9.17, 15) is 4.79 Å². The minimum Gasteiger partial charge on any atom is -0.437 e. The lowest BCUT2D eigenvalue weighted by Gasteiger charge is -2.38. The molecule has 1 aliphatic rings. The van der Waals surface area contributed by atoms with Crippen LogP contribution in [0.4, 0.5) is 4.79 Å². The molecule has 0 atom stereocenters. The molecule has 0 heterocycles.